The van der Waals surface area contributed by atoms with Gasteiger partial charge in [0.15, 0.2) is 11.5 Å². The molecule has 3 heterocycles. The molecule has 1 atom stereocenters. The van der Waals surface area contributed by atoms with Gasteiger partial charge in [-0.15, -0.1) is 0 Å². The van der Waals surface area contributed by atoms with E-state index in [1.807, 2.05) is 4.90 Å². The molecule has 122 valence electrons. The maximum absolute atomic E-state index is 11.6. The van der Waals surface area contributed by atoms with E-state index in [9.17, 15) is 4.79 Å². The van der Waals surface area contributed by atoms with Crippen molar-refractivity contribution in [2.45, 2.75) is 45.4 Å². The van der Waals surface area contributed by atoms with Crippen LogP contribution in [0.4, 0.5) is 0 Å². The molecule has 7 nitrogen and oxygen atoms in total. The highest BCUT2D eigenvalue weighted by molar-refractivity contribution is 5.78. The molecule has 23 heavy (non-hydrogen) atoms. The fourth-order valence-electron chi connectivity index (χ4n) is 3.47. The van der Waals surface area contributed by atoms with Gasteiger partial charge in [-0.3, -0.25) is 9.89 Å². The third kappa shape index (κ3) is 2.75. The largest absolute Gasteiger partial charge is 0.342 e. The van der Waals surface area contributed by atoms with Crippen molar-refractivity contribution in [2.24, 2.45) is 5.92 Å². The van der Waals surface area contributed by atoms with Crippen molar-refractivity contribution in [3.05, 3.63) is 17.1 Å². The second-order valence-corrected chi connectivity index (χ2v) is 6.63. The molecular formula is C16H21N5O2. The summed E-state index contributed by atoms with van der Waals surface area (Å²) < 4.78 is 5.41. The molecule has 0 aromatic carbocycles. The number of likely N-dealkylation sites (tertiary alicyclic amines) is 1. The minimum absolute atomic E-state index is 0.226. The minimum atomic E-state index is 0.226. The summed E-state index contributed by atoms with van der Waals surface area (Å²) in [6.45, 7) is 3.76. The van der Waals surface area contributed by atoms with Crippen molar-refractivity contribution in [2.75, 3.05) is 13.1 Å². The molecule has 2 aliphatic rings. The number of hydrogen-bond acceptors (Lipinski definition) is 5. The Morgan fingerprint density at radius 2 is 2.30 bits per heavy atom. The number of aryl methyl sites for hydroxylation is 1. The van der Waals surface area contributed by atoms with Gasteiger partial charge < -0.3 is 9.42 Å². The lowest BCUT2D eigenvalue weighted by Gasteiger charge is -2.17. The lowest BCUT2D eigenvalue weighted by molar-refractivity contribution is -0.127. The Morgan fingerprint density at radius 1 is 1.39 bits per heavy atom. The van der Waals surface area contributed by atoms with Crippen molar-refractivity contribution in [3.63, 3.8) is 0 Å². The lowest BCUT2D eigenvalue weighted by atomic mass is 9.88. The first-order valence-corrected chi connectivity index (χ1v) is 8.37. The summed E-state index contributed by atoms with van der Waals surface area (Å²) in [5.74, 6) is 2.01. The summed E-state index contributed by atoms with van der Waals surface area (Å²) >= 11 is 0. The highest BCUT2D eigenvalue weighted by Gasteiger charge is 2.25. The molecule has 1 saturated heterocycles. The van der Waals surface area contributed by atoms with Gasteiger partial charge in [0.1, 0.15) is 0 Å². The lowest BCUT2D eigenvalue weighted by Crippen LogP contribution is -2.27. The molecular weight excluding hydrogens is 294 g/mol. The third-order valence-electron chi connectivity index (χ3n) is 4.84. The number of hydrogen-bond donors (Lipinski definition) is 1. The number of carbonyl (C=O) groups excluding carboxylic acids is 1. The van der Waals surface area contributed by atoms with Crippen LogP contribution in [0.1, 0.15) is 43.3 Å². The average Bonchev–Trinajstić information content (AvgIpc) is 3.24. The number of nitrogens with zero attached hydrogens (tertiary/aromatic N) is 4. The number of aromatic nitrogens is 4. The van der Waals surface area contributed by atoms with E-state index in [4.69, 9.17) is 4.52 Å². The molecule has 1 amide bonds. The summed E-state index contributed by atoms with van der Waals surface area (Å²) in [5, 5.41) is 11.5. The molecule has 2 aromatic heterocycles. The Labute approximate surface area is 134 Å². The minimum Gasteiger partial charge on any atom is -0.342 e. The first kappa shape index (κ1) is 14.4. The van der Waals surface area contributed by atoms with Gasteiger partial charge in [0, 0.05) is 37.2 Å². The second-order valence-electron chi connectivity index (χ2n) is 6.63. The van der Waals surface area contributed by atoms with Gasteiger partial charge in [-0.2, -0.15) is 10.1 Å². The SMILES string of the molecule is CC1CCc2[nH]nc(-c3nc(CCN4CCCC4=O)no3)c2C1. The summed E-state index contributed by atoms with van der Waals surface area (Å²) in [6, 6.07) is 0. The molecule has 4 rings (SSSR count). The number of aromatic amines is 1. The highest BCUT2D eigenvalue weighted by atomic mass is 16.5. The van der Waals surface area contributed by atoms with Crippen molar-refractivity contribution < 1.29 is 9.32 Å². The molecule has 1 N–H and O–H groups in total. The zero-order valence-electron chi connectivity index (χ0n) is 13.3. The fourth-order valence-corrected chi connectivity index (χ4v) is 3.47. The summed E-state index contributed by atoms with van der Waals surface area (Å²) in [7, 11) is 0. The van der Waals surface area contributed by atoms with Gasteiger partial charge in [-0.05, 0) is 31.6 Å². The smallest absolute Gasteiger partial charge is 0.278 e. The van der Waals surface area contributed by atoms with Gasteiger partial charge in [0.2, 0.25) is 5.91 Å². The number of fused-ring (bicyclic) bond motifs is 1. The van der Waals surface area contributed by atoms with E-state index >= 15 is 0 Å². The molecule has 0 spiro atoms. The van der Waals surface area contributed by atoms with E-state index in [-0.39, 0.29) is 5.91 Å². The van der Waals surface area contributed by atoms with Gasteiger partial charge in [-0.25, -0.2) is 0 Å². The van der Waals surface area contributed by atoms with Crippen molar-refractivity contribution in [3.8, 4) is 11.6 Å². The van der Waals surface area contributed by atoms with Crippen LogP contribution in [-0.2, 0) is 24.1 Å². The zero-order chi connectivity index (χ0) is 15.8. The van der Waals surface area contributed by atoms with Crippen LogP contribution in [0.2, 0.25) is 0 Å². The molecule has 0 radical (unpaired) electrons. The van der Waals surface area contributed by atoms with E-state index in [0.717, 1.165) is 31.5 Å². The topological polar surface area (TPSA) is 87.9 Å². The van der Waals surface area contributed by atoms with Crippen LogP contribution < -0.4 is 0 Å². The standard InChI is InChI=1S/C16H21N5O2/c1-10-4-5-12-11(9-10)15(19-18-12)16-17-13(20-23-16)6-8-21-7-2-3-14(21)22/h10H,2-9H2,1H3,(H,18,19). The summed E-state index contributed by atoms with van der Waals surface area (Å²) in [4.78, 5) is 18.0. The number of carbonyl (C=O) groups is 1. The van der Waals surface area contributed by atoms with Gasteiger partial charge in [-0.1, -0.05) is 12.1 Å². The Balaban J connectivity index is 1.48. The monoisotopic (exact) mass is 315 g/mol. The molecule has 1 fully saturated rings. The highest BCUT2D eigenvalue weighted by Crippen LogP contribution is 2.31. The maximum Gasteiger partial charge on any atom is 0.278 e. The first-order valence-electron chi connectivity index (χ1n) is 8.37. The fraction of sp³-hybridized carbons (Fsp3) is 0.625. The van der Waals surface area contributed by atoms with E-state index < -0.39 is 0 Å². The normalized spacial score (nSPS) is 21.0. The molecule has 1 unspecified atom stereocenters. The van der Waals surface area contributed by atoms with Gasteiger partial charge >= 0.3 is 0 Å². The van der Waals surface area contributed by atoms with Gasteiger partial charge in [0.25, 0.3) is 5.89 Å². The van der Waals surface area contributed by atoms with Crippen LogP contribution in [0.15, 0.2) is 4.52 Å². The van der Waals surface area contributed by atoms with Crippen molar-refractivity contribution in [1.29, 1.82) is 0 Å². The molecule has 0 saturated carbocycles. The second kappa shape index (κ2) is 5.79. The predicted molar refractivity (Wildman–Crippen MR) is 82.6 cm³/mol. The van der Waals surface area contributed by atoms with Crippen LogP contribution in [0.25, 0.3) is 11.6 Å². The van der Waals surface area contributed by atoms with E-state index in [1.165, 1.54) is 17.7 Å². The molecule has 0 bridgehead atoms. The maximum atomic E-state index is 11.6. The Bertz CT molecular complexity index is 720. The Hall–Kier alpha value is -2.18. The first-order chi connectivity index (χ1) is 11.2. The Morgan fingerprint density at radius 3 is 3.13 bits per heavy atom. The quantitative estimate of drug-likeness (QED) is 0.928. The average molecular weight is 315 g/mol. The number of rotatable bonds is 4. The van der Waals surface area contributed by atoms with Crippen LogP contribution in [-0.4, -0.2) is 44.2 Å². The number of nitrogens with one attached hydrogen (secondary N) is 1. The van der Waals surface area contributed by atoms with E-state index in [0.29, 0.717) is 37.0 Å². The van der Waals surface area contributed by atoms with Crippen LogP contribution >= 0.6 is 0 Å². The molecule has 2 aromatic rings. The van der Waals surface area contributed by atoms with E-state index in [2.05, 4.69) is 27.3 Å². The summed E-state index contributed by atoms with van der Waals surface area (Å²) in [5.41, 5.74) is 3.21. The molecule has 1 aliphatic carbocycles. The van der Waals surface area contributed by atoms with E-state index in [1.54, 1.807) is 0 Å². The van der Waals surface area contributed by atoms with Crippen LogP contribution in [0.5, 0.6) is 0 Å². The molecule has 1 aliphatic heterocycles. The van der Waals surface area contributed by atoms with Crippen molar-refractivity contribution >= 4 is 5.91 Å². The number of H-pyrrole nitrogens is 1. The van der Waals surface area contributed by atoms with Crippen LogP contribution in [0, 0.1) is 5.92 Å². The van der Waals surface area contributed by atoms with Crippen LogP contribution in [0.3, 0.4) is 0 Å². The summed E-state index contributed by atoms with van der Waals surface area (Å²) in [6.07, 6.45) is 5.46. The Kier molecular flexibility index (Phi) is 3.63. The van der Waals surface area contributed by atoms with Gasteiger partial charge in [0.05, 0.1) is 0 Å². The van der Waals surface area contributed by atoms with Crippen molar-refractivity contribution in [1.82, 2.24) is 25.2 Å². The number of amides is 1. The zero-order valence-corrected chi connectivity index (χ0v) is 13.3. The predicted octanol–water partition coefficient (Wildman–Crippen LogP) is 1.75. The molecule has 7 heteroatoms. The third-order valence-corrected chi connectivity index (χ3v) is 4.84.